The first-order chi connectivity index (χ1) is 15.7. The number of piperidine rings is 1. The van der Waals surface area contributed by atoms with Crippen molar-refractivity contribution in [1.29, 1.82) is 0 Å². The van der Waals surface area contributed by atoms with Crippen molar-refractivity contribution in [2.24, 2.45) is 0 Å². The fraction of sp³-hybridized carbons (Fsp3) is 0.476. The van der Waals surface area contributed by atoms with Crippen LogP contribution in [0.4, 0.5) is 0 Å². The summed E-state index contributed by atoms with van der Waals surface area (Å²) in [6.07, 6.45) is 5.78. The van der Waals surface area contributed by atoms with Crippen LogP contribution in [0, 0.1) is 0 Å². The van der Waals surface area contributed by atoms with Crippen LogP contribution in [0.25, 0.3) is 0 Å². The fourth-order valence-electron chi connectivity index (χ4n) is 3.43. The predicted molar refractivity (Wildman–Crippen MR) is 124 cm³/mol. The molecule has 0 bridgehead atoms. The van der Waals surface area contributed by atoms with Gasteiger partial charge in [0.2, 0.25) is 10.0 Å². The van der Waals surface area contributed by atoms with Gasteiger partial charge in [-0.25, -0.2) is 27.8 Å². The minimum absolute atomic E-state index is 0.0406. The van der Waals surface area contributed by atoms with Crippen LogP contribution in [0.5, 0.6) is 5.75 Å². The Kier molecular flexibility index (Phi) is 9.27. The molecule has 9 nitrogen and oxygen atoms in total. The summed E-state index contributed by atoms with van der Waals surface area (Å²) in [5.41, 5.74) is 0. The summed E-state index contributed by atoms with van der Waals surface area (Å²) in [5, 5.41) is 11.3. The zero-order valence-corrected chi connectivity index (χ0v) is 20.3. The first-order valence-electron chi connectivity index (χ1n) is 10.6. The van der Waals surface area contributed by atoms with Crippen LogP contribution in [0.3, 0.4) is 0 Å². The van der Waals surface area contributed by atoms with E-state index in [1.165, 1.54) is 4.31 Å². The molecule has 0 saturated carbocycles. The molecule has 1 aliphatic rings. The Bertz CT molecular complexity index is 1030. The molecule has 2 aromatic rings. The van der Waals surface area contributed by atoms with Gasteiger partial charge in [0.05, 0.1) is 5.02 Å². The zero-order valence-electron chi connectivity index (χ0n) is 17.9. The number of aryl methyl sites for hydroxylation is 1. The number of halogens is 2. The standard InChI is InChI=1S/C21H26Cl2N4O5S/c22-16-5-6-19(18(23)14-16)32-17-7-12-26(13-8-17)33(30,31)15-21(28)27(29)11-2-1-4-20-24-9-3-10-25-20/h3,5-6,9-10,14,17,29H,1-2,4,7-8,11-13,15H2. The minimum atomic E-state index is -3.85. The number of carbonyl (C=O) groups excluding carboxylic acids is 1. The molecule has 33 heavy (non-hydrogen) atoms. The fourth-order valence-corrected chi connectivity index (χ4v) is 5.29. The molecule has 3 rings (SSSR count). The summed E-state index contributed by atoms with van der Waals surface area (Å²) >= 11 is 12.0. The summed E-state index contributed by atoms with van der Waals surface area (Å²) in [6, 6.07) is 6.65. The first-order valence-corrected chi connectivity index (χ1v) is 13.0. The number of benzene rings is 1. The second kappa shape index (κ2) is 11.9. The molecular weight excluding hydrogens is 491 g/mol. The van der Waals surface area contributed by atoms with Crippen molar-refractivity contribution in [3.05, 3.63) is 52.5 Å². The van der Waals surface area contributed by atoms with Crippen molar-refractivity contribution in [2.75, 3.05) is 25.4 Å². The molecule has 1 amide bonds. The molecule has 1 aliphatic heterocycles. The van der Waals surface area contributed by atoms with E-state index in [0.29, 0.717) is 58.8 Å². The van der Waals surface area contributed by atoms with Crippen molar-refractivity contribution >= 4 is 39.1 Å². The maximum Gasteiger partial charge on any atom is 0.262 e. The highest BCUT2D eigenvalue weighted by Crippen LogP contribution is 2.30. The van der Waals surface area contributed by atoms with Gasteiger partial charge in [-0.1, -0.05) is 23.2 Å². The molecular formula is C21H26Cl2N4O5S. The lowest BCUT2D eigenvalue weighted by molar-refractivity contribution is -0.162. The second-order valence-corrected chi connectivity index (χ2v) is 10.5. The van der Waals surface area contributed by atoms with Crippen LogP contribution in [-0.4, -0.2) is 70.4 Å². The van der Waals surface area contributed by atoms with Crippen molar-refractivity contribution in [3.8, 4) is 5.75 Å². The number of aromatic nitrogens is 2. The largest absolute Gasteiger partial charge is 0.489 e. The number of sulfonamides is 1. The van der Waals surface area contributed by atoms with Crippen molar-refractivity contribution in [1.82, 2.24) is 19.3 Å². The van der Waals surface area contributed by atoms with Gasteiger partial charge in [0.25, 0.3) is 5.91 Å². The van der Waals surface area contributed by atoms with Gasteiger partial charge >= 0.3 is 0 Å². The number of ether oxygens (including phenoxy) is 1. The van der Waals surface area contributed by atoms with Gasteiger partial charge in [-0.2, -0.15) is 0 Å². The SMILES string of the molecule is O=C(CS(=O)(=O)N1CCC(Oc2ccc(Cl)cc2Cl)CC1)N(O)CCCCc1ncccn1. The Morgan fingerprint density at radius 1 is 1.18 bits per heavy atom. The molecule has 0 radical (unpaired) electrons. The van der Waals surface area contributed by atoms with Crippen LogP contribution in [-0.2, 0) is 21.2 Å². The van der Waals surface area contributed by atoms with E-state index in [2.05, 4.69) is 9.97 Å². The van der Waals surface area contributed by atoms with E-state index in [4.69, 9.17) is 27.9 Å². The van der Waals surface area contributed by atoms with Gasteiger partial charge in [0.15, 0.2) is 0 Å². The monoisotopic (exact) mass is 516 g/mol. The molecule has 0 atom stereocenters. The summed E-state index contributed by atoms with van der Waals surface area (Å²) in [4.78, 5) is 20.4. The van der Waals surface area contributed by atoms with E-state index in [9.17, 15) is 18.4 Å². The molecule has 1 N–H and O–H groups in total. The number of unbranched alkanes of at least 4 members (excludes halogenated alkanes) is 1. The summed E-state index contributed by atoms with van der Waals surface area (Å²) in [5.74, 6) is -0.453. The molecule has 1 aromatic carbocycles. The Labute approximate surface area is 203 Å². The van der Waals surface area contributed by atoms with Crippen molar-refractivity contribution < 1.29 is 23.2 Å². The van der Waals surface area contributed by atoms with Gasteiger partial charge in [-0.3, -0.25) is 10.0 Å². The molecule has 0 aliphatic carbocycles. The van der Waals surface area contributed by atoms with E-state index in [1.807, 2.05) is 0 Å². The van der Waals surface area contributed by atoms with Gasteiger partial charge in [0, 0.05) is 43.5 Å². The van der Waals surface area contributed by atoms with Crippen LogP contribution in [0.1, 0.15) is 31.5 Å². The lowest BCUT2D eigenvalue weighted by Crippen LogP contribution is -2.45. The lowest BCUT2D eigenvalue weighted by Gasteiger charge is -2.31. The Morgan fingerprint density at radius 3 is 2.55 bits per heavy atom. The van der Waals surface area contributed by atoms with E-state index in [-0.39, 0.29) is 25.7 Å². The Hall–Kier alpha value is -1.98. The molecule has 1 aromatic heterocycles. The number of rotatable bonds is 10. The van der Waals surface area contributed by atoms with E-state index < -0.39 is 21.7 Å². The van der Waals surface area contributed by atoms with Crippen LogP contribution in [0.2, 0.25) is 10.0 Å². The number of hydroxylamine groups is 2. The van der Waals surface area contributed by atoms with Gasteiger partial charge < -0.3 is 4.74 Å². The Morgan fingerprint density at radius 2 is 1.88 bits per heavy atom. The predicted octanol–water partition coefficient (Wildman–Crippen LogP) is 3.20. The average molecular weight is 517 g/mol. The summed E-state index contributed by atoms with van der Waals surface area (Å²) in [6.45, 7) is 0.473. The second-order valence-electron chi connectivity index (χ2n) is 7.69. The van der Waals surface area contributed by atoms with E-state index in [1.54, 1.807) is 36.7 Å². The van der Waals surface area contributed by atoms with Gasteiger partial charge in [-0.05, 0) is 49.9 Å². The number of amides is 1. The number of carbonyl (C=O) groups is 1. The molecule has 0 unspecified atom stereocenters. The van der Waals surface area contributed by atoms with Crippen molar-refractivity contribution in [2.45, 2.75) is 38.2 Å². The van der Waals surface area contributed by atoms with E-state index >= 15 is 0 Å². The van der Waals surface area contributed by atoms with Crippen molar-refractivity contribution in [3.63, 3.8) is 0 Å². The highest BCUT2D eigenvalue weighted by molar-refractivity contribution is 7.89. The number of hydrogen-bond acceptors (Lipinski definition) is 7. The topological polar surface area (TPSA) is 113 Å². The van der Waals surface area contributed by atoms with Crippen LogP contribution in [0.15, 0.2) is 36.7 Å². The highest BCUT2D eigenvalue weighted by atomic mass is 35.5. The summed E-state index contributed by atoms with van der Waals surface area (Å²) in [7, 11) is -3.85. The zero-order chi connectivity index (χ0) is 23.8. The molecule has 2 heterocycles. The molecule has 1 saturated heterocycles. The molecule has 180 valence electrons. The molecule has 1 fully saturated rings. The summed E-state index contributed by atoms with van der Waals surface area (Å²) < 4.78 is 32.4. The lowest BCUT2D eigenvalue weighted by atomic mass is 10.1. The number of nitrogens with zero attached hydrogens (tertiary/aromatic N) is 4. The molecule has 0 spiro atoms. The smallest absolute Gasteiger partial charge is 0.262 e. The maximum atomic E-state index is 12.6. The quantitative estimate of drug-likeness (QED) is 0.293. The maximum absolute atomic E-state index is 12.6. The molecule has 12 heteroatoms. The number of hydrogen-bond donors (Lipinski definition) is 1. The minimum Gasteiger partial charge on any atom is -0.489 e. The highest BCUT2D eigenvalue weighted by Gasteiger charge is 2.32. The normalized spacial score (nSPS) is 15.4. The van der Waals surface area contributed by atoms with Crippen LogP contribution < -0.4 is 4.74 Å². The van der Waals surface area contributed by atoms with Crippen LogP contribution >= 0.6 is 23.2 Å². The third-order valence-corrected chi connectivity index (χ3v) is 7.51. The third-order valence-electron chi connectivity index (χ3n) is 5.22. The van der Waals surface area contributed by atoms with E-state index in [0.717, 1.165) is 0 Å². The first kappa shape index (κ1) is 25.6. The van der Waals surface area contributed by atoms with Gasteiger partial charge in [-0.15, -0.1) is 0 Å². The third kappa shape index (κ3) is 7.79. The van der Waals surface area contributed by atoms with Gasteiger partial charge in [0.1, 0.15) is 23.4 Å². The Balaban J connectivity index is 1.41. The average Bonchev–Trinajstić information content (AvgIpc) is 2.79.